The van der Waals surface area contributed by atoms with Crippen LogP contribution in [-0.2, 0) is 0 Å². The summed E-state index contributed by atoms with van der Waals surface area (Å²) in [6.45, 7) is 0. The van der Waals surface area contributed by atoms with Crippen molar-refractivity contribution in [2.24, 2.45) is 0 Å². The lowest BCUT2D eigenvalue weighted by molar-refractivity contribution is 0.462. The monoisotopic (exact) mass is 159 g/mol. The lowest BCUT2D eigenvalue weighted by atomic mass is 10.3. The Morgan fingerprint density at radius 3 is 2.40 bits per heavy atom. The number of phenols is 2. The molecule has 4 heteroatoms. The molecule has 3 nitrogen and oxygen atoms in total. The Hall–Kier alpha value is -1.09. The first-order chi connectivity index (χ1) is 4.61. The first kappa shape index (κ1) is 7.02. The molecule has 0 atom stereocenters. The number of benzene rings is 1. The molecule has 0 aliphatic rings. The van der Waals surface area contributed by atoms with Crippen LogP contribution in [0.4, 0.5) is 5.69 Å². The molecule has 54 valence electrons. The second-order valence-corrected chi connectivity index (χ2v) is 2.27. The van der Waals surface area contributed by atoms with E-state index in [-0.39, 0.29) is 22.2 Å². The Morgan fingerprint density at radius 1 is 1.30 bits per heavy atom. The Morgan fingerprint density at radius 2 is 1.90 bits per heavy atom. The molecule has 0 saturated heterocycles. The van der Waals surface area contributed by atoms with Gasteiger partial charge in [-0.25, -0.2) is 0 Å². The van der Waals surface area contributed by atoms with E-state index in [1.807, 2.05) is 0 Å². The Kier molecular flexibility index (Phi) is 1.59. The molecular formula is C6H6ClNO2. The van der Waals surface area contributed by atoms with Gasteiger partial charge in [0.25, 0.3) is 0 Å². The third-order valence-electron chi connectivity index (χ3n) is 1.08. The summed E-state index contributed by atoms with van der Waals surface area (Å²) in [5.41, 5.74) is 5.30. The maximum Gasteiger partial charge on any atom is 0.157 e. The van der Waals surface area contributed by atoms with Crippen molar-refractivity contribution < 1.29 is 10.2 Å². The van der Waals surface area contributed by atoms with Crippen molar-refractivity contribution in [2.75, 3.05) is 5.73 Å². The molecule has 0 aliphatic carbocycles. The zero-order chi connectivity index (χ0) is 7.72. The number of aromatic hydroxyl groups is 2. The van der Waals surface area contributed by atoms with Gasteiger partial charge in [0.05, 0.1) is 10.7 Å². The van der Waals surface area contributed by atoms with Crippen molar-refractivity contribution in [2.45, 2.75) is 0 Å². The van der Waals surface area contributed by atoms with Crippen LogP contribution in [0, 0.1) is 0 Å². The molecule has 0 heterocycles. The zero-order valence-corrected chi connectivity index (χ0v) is 5.76. The molecule has 0 unspecified atom stereocenters. The number of hydrogen-bond acceptors (Lipinski definition) is 3. The highest BCUT2D eigenvalue weighted by molar-refractivity contribution is 6.32. The average molecular weight is 160 g/mol. The largest absolute Gasteiger partial charge is 0.508 e. The van der Waals surface area contributed by atoms with E-state index in [2.05, 4.69) is 0 Å². The summed E-state index contributed by atoms with van der Waals surface area (Å²) >= 11 is 5.43. The summed E-state index contributed by atoms with van der Waals surface area (Å²) in [4.78, 5) is 0. The van der Waals surface area contributed by atoms with Crippen molar-refractivity contribution >= 4 is 17.3 Å². The minimum atomic E-state index is -0.195. The number of phenolic OH excluding ortho intramolecular Hbond substituents is 2. The van der Waals surface area contributed by atoms with Gasteiger partial charge in [-0.3, -0.25) is 0 Å². The van der Waals surface area contributed by atoms with Gasteiger partial charge in [0.2, 0.25) is 0 Å². The lowest BCUT2D eigenvalue weighted by Crippen LogP contribution is -1.84. The molecule has 0 radical (unpaired) electrons. The highest BCUT2D eigenvalue weighted by Gasteiger charge is 2.03. The minimum absolute atomic E-state index is 0.0532. The molecule has 0 amide bonds. The van der Waals surface area contributed by atoms with Gasteiger partial charge in [-0.2, -0.15) is 0 Å². The van der Waals surface area contributed by atoms with Crippen LogP contribution in [0.5, 0.6) is 11.5 Å². The molecule has 4 N–H and O–H groups in total. The fraction of sp³-hybridized carbons (Fsp3) is 0. The summed E-state index contributed by atoms with van der Waals surface area (Å²) < 4.78 is 0. The van der Waals surface area contributed by atoms with Crippen LogP contribution in [0.2, 0.25) is 5.02 Å². The molecule has 0 aromatic heterocycles. The minimum Gasteiger partial charge on any atom is -0.508 e. The van der Waals surface area contributed by atoms with Gasteiger partial charge in [0.15, 0.2) is 5.75 Å². The van der Waals surface area contributed by atoms with Gasteiger partial charge in [-0.15, -0.1) is 0 Å². The molecule has 1 aromatic rings. The number of nitrogen functional groups attached to an aromatic ring is 1. The number of nitrogens with two attached hydrogens (primary N) is 1. The lowest BCUT2D eigenvalue weighted by Gasteiger charge is -2.00. The predicted molar refractivity (Wildman–Crippen MR) is 39.2 cm³/mol. The average Bonchev–Trinajstić information content (AvgIpc) is 1.82. The smallest absolute Gasteiger partial charge is 0.157 e. The molecular weight excluding hydrogens is 154 g/mol. The Balaban J connectivity index is 3.31. The van der Waals surface area contributed by atoms with Gasteiger partial charge < -0.3 is 15.9 Å². The SMILES string of the molecule is Nc1cc(O)cc(Cl)c1O. The molecule has 0 spiro atoms. The van der Waals surface area contributed by atoms with Crippen LogP contribution in [-0.4, -0.2) is 10.2 Å². The van der Waals surface area contributed by atoms with Crippen LogP contribution in [0.1, 0.15) is 0 Å². The molecule has 1 rings (SSSR count). The second kappa shape index (κ2) is 2.27. The fourth-order valence-corrected chi connectivity index (χ4v) is 0.826. The van der Waals surface area contributed by atoms with Crippen molar-refractivity contribution in [3.05, 3.63) is 17.2 Å². The van der Waals surface area contributed by atoms with Crippen molar-refractivity contribution in [3.8, 4) is 11.5 Å². The molecule has 1 aromatic carbocycles. The predicted octanol–water partition coefficient (Wildman–Crippen LogP) is 1.33. The second-order valence-electron chi connectivity index (χ2n) is 1.87. The number of rotatable bonds is 0. The Labute approximate surface area is 62.7 Å². The van der Waals surface area contributed by atoms with Crippen LogP contribution >= 0.6 is 11.6 Å². The Bertz CT molecular complexity index is 239. The maximum atomic E-state index is 8.96. The third-order valence-corrected chi connectivity index (χ3v) is 1.37. The van der Waals surface area contributed by atoms with Crippen molar-refractivity contribution in [1.29, 1.82) is 0 Å². The maximum absolute atomic E-state index is 8.96. The van der Waals surface area contributed by atoms with E-state index >= 15 is 0 Å². The highest BCUT2D eigenvalue weighted by Crippen LogP contribution is 2.33. The summed E-state index contributed by atoms with van der Waals surface area (Å²) in [6, 6.07) is 2.44. The number of halogens is 1. The molecule has 10 heavy (non-hydrogen) atoms. The molecule has 0 fully saturated rings. The molecule has 0 aliphatic heterocycles. The van der Waals surface area contributed by atoms with E-state index in [1.165, 1.54) is 12.1 Å². The zero-order valence-electron chi connectivity index (χ0n) is 5.00. The van der Waals surface area contributed by atoms with Crippen LogP contribution in [0.25, 0.3) is 0 Å². The van der Waals surface area contributed by atoms with Gasteiger partial charge in [0.1, 0.15) is 5.75 Å². The first-order valence-corrected chi connectivity index (χ1v) is 2.96. The number of anilines is 1. The van der Waals surface area contributed by atoms with Crippen LogP contribution in [0.3, 0.4) is 0 Å². The highest BCUT2D eigenvalue weighted by atomic mass is 35.5. The van der Waals surface area contributed by atoms with E-state index in [4.69, 9.17) is 27.5 Å². The normalized spacial score (nSPS) is 9.70. The van der Waals surface area contributed by atoms with E-state index in [9.17, 15) is 0 Å². The molecule has 0 saturated carbocycles. The fourth-order valence-electron chi connectivity index (χ4n) is 0.605. The first-order valence-electron chi connectivity index (χ1n) is 2.58. The summed E-state index contributed by atoms with van der Waals surface area (Å²) in [5.74, 6) is -0.250. The van der Waals surface area contributed by atoms with E-state index in [0.717, 1.165) is 0 Å². The van der Waals surface area contributed by atoms with E-state index in [0.29, 0.717) is 0 Å². The van der Waals surface area contributed by atoms with Gasteiger partial charge in [0, 0.05) is 12.1 Å². The van der Waals surface area contributed by atoms with Gasteiger partial charge in [-0.05, 0) is 0 Å². The van der Waals surface area contributed by atoms with Crippen molar-refractivity contribution in [3.63, 3.8) is 0 Å². The molecule has 0 bridgehead atoms. The van der Waals surface area contributed by atoms with E-state index in [1.54, 1.807) is 0 Å². The van der Waals surface area contributed by atoms with E-state index < -0.39 is 0 Å². The standard InChI is InChI=1S/C6H6ClNO2/c7-4-1-3(9)2-5(8)6(4)10/h1-2,9-10H,8H2. The summed E-state index contributed by atoms with van der Waals surface area (Å²) in [6.07, 6.45) is 0. The quantitative estimate of drug-likeness (QED) is 0.304. The van der Waals surface area contributed by atoms with Crippen LogP contribution in [0.15, 0.2) is 12.1 Å². The summed E-state index contributed by atoms with van der Waals surface area (Å²) in [7, 11) is 0. The number of hydrogen-bond donors (Lipinski definition) is 3. The van der Waals surface area contributed by atoms with Gasteiger partial charge in [-0.1, -0.05) is 11.6 Å². The van der Waals surface area contributed by atoms with Crippen molar-refractivity contribution in [1.82, 2.24) is 0 Å². The summed E-state index contributed by atoms with van der Waals surface area (Å²) in [5, 5.41) is 17.9. The van der Waals surface area contributed by atoms with Crippen LogP contribution < -0.4 is 5.73 Å². The van der Waals surface area contributed by atoms with Gasteiger partial charge >= 0.3 is 0 Å². The third kappa shape index (κ3) is 1.09. The topological polar surface area (TPSA) is 66.5 Å².